The van der Waals surface area contributed by atoms with E-state index in [0.717, 1.165) is 12.8 Å². The highest BCUT2D eigenvalue weighted by atomic mass is 32.2. The van der Waals surface area contributed by atoms with E-state index in [-0.39, 0.29) is 22.6 Å². The van der Waals surface area contributed by atoms with Crippen molar-refractivity contribution in [1.82, 2.24) is 10.2 Å². The monoisotopic (exact) mass is 402 g/mol. The molecule has 156 valence electrons. The summed E-state index contributed by atoms with van der Waals surface area (Å²) in [5.74, 6) is -0.733. The summed E-state index contributed by atoms with van der Waals surface area (Å²) in [6, 6.07) is -0.136. The van der Waals surface area contributed by atoms with Gasteiger partial charge >= 0.3 is 6.09 Å². The molecule has 27 heavy (non-hydrogen) atoms. The molecule has 1 atom stereocenters. The molecule has 0 bridgehead atoms. The highest BCUT2D eigenvalue weighted by molar-refractivity contribution is 7.92. The fraction of sp³-hybridized carbons (Fsp3) is 0.895. The van der Waals surface area contributed by atoms with Gasteiger partial charge in [-0.25, -0.2) is 13.2 Å². The number of carbonyl (C=O) groups excluding carboxylic acids is 2. The Morgan fingerprint density at radius 2 is 1.74 bits per heavy atom. The average Bonchev–Trinajstić information content (AvgIpc) is 3.01. The molecule has 0 spiro atoms. The van der Waals surface area contributed by atoms with Gasteiger partial charge in [0.25, 0.3) is 0 Å². The molecule has 1 N–H and O–H groups in total. The summed E-state index contributed by atoms with van der Waals surface area (Å²) in [5, 5.41) is 2.54. The summed E-state index contributed by atoms with van der Waals surface area (Å²) in [4.78, 5) is 26.3. The zero-order chi connectivity index (χ0) is 20.5. The number of alkyl carbamates (subject to hydrolysis) is 1. The highest BCUT2D eigenvalue weighted by Gasteiger charge is 2.40. The van der Waals surface area contributed by atoms with Crippen LogP contribution in [0.3, 0.4) is 0 Å². The second-order valence-electron chi connectivity index (χ2n) is 9.51. The van der Waals surface area contributed by atoms with Crippen molar-refractivity contribution >= 4 is 21.8 Å². The van der Waals surface area contributed by atoms with Crippen molar-refractivity contribution in [2.24, 2.45) is 5.41 Å². The lowest BCUT2D eigenvalue weighted by atomic mass is 9.79. The maximum Gasteiger partial charge on any atom is 0.407 e. The Hall–Kier alpha value is -1.31. The number of hydrogen-bond acceptors (Lipinski definition) is 5. The van der Waals surface area contributed by atoms with E-state index in [1.54, 1.807) is 4.90 Å². The lowest BCUT2D eigenvalue weighted by molar-refractivity contribution is -0.132. The molecule has 8 heteroatoms. The first-order valence-electron chi connectivity index (χ1n) is 9.79. The van der Waals surface area contributed by atoms with E-state index in [4.69, 9.17) is 4.74 Å². The van der Waals surface area contributed by atoms with Crippen LogP contribution >= 0.6 is 0 Å². The van der Waals surface area contributed by atoms with Crippen LogP contribution in [0.15, 0.2) is 0 Å². The maximum absolute atomic E-state index is 12.6. The van der Waals surface area contributed by atoms with Gasteiger partial charge in [0, 0.05) is 24.5 Å². The molecule has 2 aliphatic rings. The van der Waals surface area contributed by atoms with Gasteiger partial charge in [0.05, 0.1) is 5.25 Å². The second kappa shape index (κ2) is 7.97. The van der Waals surface area contributed by atoms with E-state index in [1.165, 1.54) is 0 Å². The number of amides is 2. The number of nitrogens with one attached hydrogen (secondary N) is 1. The molecule has 2 amide bonds. The Morgan fingerprint density at radius 3 is 2.26 bits per heavy atom. The van der Waals surface area contributed by atoms with Crippen molar-refractivity contribution in [3.8, 4) is 0 Å². The van der Waals surface area contributed by atoms with E-state index in [2.05, 4.69) is 5.32 Å². The topological polar surface area (TPSA) is 92.8 Å². The van der Waals surface area contributed by atoms with Gasteiger partial charge in [-0.2, -0.15) is 0 Å². The Labute approximate surface area is 163 Å². The largest absolute Gasteiger partial charge is 0.444 e. The summed E-state index contributed by atoms with van der Waals surface area (Å²) >= 11 is 0. The van der Waals surface area contributed by atoms with Gasteiger partial charge < -0.3 is 15.0 Å². The molecular weight excluding hydrogens is 368 g/mol. The third-order valence-electron chi connectivity index (χ3n) is 5.41. The molecule has 1 unspecified atom stereocenters. The smallest absolute Gasteiger partial charge is 0.407 e. The predicted octanol–water partition coefficient (Wildman–Crippen LogP) is 2.50. The van der Waals surface area contributed by atoms with Crippen molar-refractivity contribution in [2.45, 2.75) is 83.6 Å². The van der Waals surface area contributed by atoms with Crippen LogP contribution < -0.4 is 5.32 Å². The fourth-order valence-electron chi connectivity index (χ4n) is 3.92. The molecule has 1 aliphatic heterocycles. The number of sulfone groups is 1. The number of nitrogens with zero attached hydrogens (tertiary/aromatic N) is 1. The number of hydrogen-bond donors (Lipinski definition) is 1. The van der Waals surface area contributed by atoms with Crippen LogP contribution in [-0.2, 0) is 19.4 Å². The highest BCUT2D eigenvalue weighted by Crippen LogP contribution is 2.31. The quantitative estimate of drug-likeness (QED) is 0.780. The molecule has 0 radical (unpaired) electrons. The second-order valence-corrected chi connectivity index (χ2v) is 11.8. The first-order valence-corrected chi connectivity index (χ1v) is 11.5. The lowest BCUT2D eigenvalue weighted by Crippen LogP contribution is -2.58. The van der Waals surface area contributed by atoms with Crippen molar-refractivity contribution in [3.63, 3.8) is 0 Å². The Balaban J connectivity index is 1.93. The summed E-state index contributed by atoms with van der Waals surface area (Å²) in [6.07, 6.45) is 3.29. The van der Waals surface area contributed by atoms with E-state index in [0.29, 0.717) is 32.4 Å². The molecule has 2 fully saturated rings. The Morgan fingerprint density at radius 1 is 1.15 bits per heavy atom. The first-order chi connectivity index (χ1) is 12.3. The zero-order valence-electron chi connectivity index (χ0n) is 17.2. The minimum absolute atomic E-state index is 0.136. The Kier molecular flexibility index (Phi) is 6.49. The summed E-state index contributed by atoms with van der Waals surface area (Å²) in [7, 11) is -3.38. The van der Waals surface area contributed by atoms with Crippen LogP contribution in [-0.4, -0.2) is 61.1 Å². The van der Waals surface area contributed by atoms with Crippen LogP contribution in [0.4, 0.5) is 4.79 Å². The molecule has 2 rings (SSSR count). The van der Waals surface area contributed by atoms with E-state index in [9.17, 15) is 18.0 Å². The molecule has 1 saturated carbocycles. The maximum atomic E-state index is 12.6. The minimum atomic E-state index is -3.38. The number of likely N-dealkylation sites (tertiary alicyclic amines) is 1. The third-order valence-corrected chi connectivity index (χ3v) is 7.54. The van der Waals surface area contributed by atoms with Crippen molar-refractivity contribution in [2.75, 3.05) is 18.8 Å². The number of ether oxygens (including phenoxy) is 1. The first kappa shape index (κ1) is 22.0. The van der Waals surface area contributed by atoms with Crippen LogP contribution in [0.25, 0.3) is 0 Å². The van der Waals surface area contributed by atoms with E-state index in [1.807, 2.05) is 34.6 Å². The van der Waals surface area contributed by atoms with Gasteiger partial charge in [0.1, 0.15) is 11.4 Å². The normalized spacial score (nSPS) is 23.9. The minimum Gasteiger partial charge on any atom is -0.444 e. The van der Waals surface area contributed by atoms with E-state index >= 15 is 0 Å². The molecule has 0 aromatic rings. The molecule has 1 saturated heterocycles. The molecule has 1 aliphatic carbocycles. The SMILES string of the molecule is CC(C)(C)OC(=O)NC1CCN(C(=O)CS(=O)(=O)C2CCCC2)CC1(C)C. The number of carbonyl (C=O) groups is 2. The number of piperidine rings is 1. The molecule has 7 nitrogen and oxygen atoms in total. The Bertz CT molecular complexity index is 660. The molecule has 1 heterocycles. The summed E-state index contributed by atoms with van der Waals surface area (Å²) in [6.45, 7) is 10.2. The van der Waals surface area contributed by atoms with E-state index < -0.39 is 27.3 Å². The number of rotatable bonds is 4. The third kappa shape index (κ3) is 6.09. The van der Waals surface area contributed by atoms with Crippen LogP contribution in [0.5, 0.6) is 0 Å². The summed E-state index contributed by atoms with van der Waals surface area (Å²) in [5.41, 5.74) is -0.943. The standard InChI is InChI=1S/C19H34N2O5S/c1-18(2,3)26-17(23)20-15-10-11-21(13-19(15,4)5)16(22)12-27(24,25)14-8-6-7-9-14/h14-15H,6-13H2,1-5H3,(H,20,23). The van der Waals surface area contributed by atoms with Gasteiger partial charge in [0.2, 0.25) is 5.91 Å². The summed E-state index contributed by atoms with van der Waals surface area (Å²) < 4.78 is 30.3. The van der Waals surface area contributed by atoms with Gasteiger partial charge in [-0.15, -0.1) is 0 Å². The fourth-order valence-corrected chi connectivity index (χ4v) is 5.73. The van der Waals surface area contributed by atoms with Gasteiger partial charge in [0.15, 0.2) is 9.84 Å². The van der Waals surface area contributed by atoms with Crippen LogP contribution in [0.2, 0.25) is 0 Å². The van der Waals surface area contributed by atoms with Crippen LogP contribution in [0.1, 0.15) is 66.7 Å². The van der Waals surface area contributed by atoms with Crippen molar-refractivity contribution < 1.29 is 22.7 Å². The van der Waals surface area contributed by atoms with Crippen LogP contribution in [0, 0.1) is 5.41 Å². The predicted molar refractivity (Wildman–Crippen MR) is 104 cm³/mol. The zero-order valence-corrected chi connectivity index (χ0v) is 18.0. The molecule has 0 aromatic carbocycles. The molecular formula is C19H34N2O5S. The van der Waals surface area contributed by atoms with Gasteiger partial charge in [-0.1, -0.05) is 26.7 Å². The van der Waals surface area contributed by atoms with Crippen molar-refractivity contribution in [1.29, 1.82) is 0 Å². The molecule has 0 aromatic heterocycles. The van der Waals surface area contributed by atoms with Gasteiger partial charge in [-0.05, 0) is 40.0 Å². The van der Waals surface area contributed by atoms with Crippen molar-refractivity contribution in [3.05, 3.63) is 0 Å². The van der Waals surface area contributed by atoms with Gasteiger partial charge in [-0.3, -0.25) is 4.79 Å². The average molecular weight is 403 g/mol. The lowest BCUT2D eigenvalue weighted by Gasteiger charge is -2.44.